The molecule has 0 bridgehead atoms. The van der Waals surface area contributed by atoms with Crippen LogP contribution in [0.2, 0.25) is 0 Å². The molecule has 0 aromatic rings. The molecular weight excluding hydrogens is 126 g/mol. The fourth-order valence-corrected chi connectivity index (χ4v) is 0. The Labute approximate surface area is 105 Å². The molecule has 0 aromatic heterocycles. The van der Waals surface area contributed by atoms with Gasteiger partial charge in [-0.15, -0.1) is 0 Å². The third-order valence-electron chi connectivity index (χ3n) is 0. The van der Waals surface area contributed by atoms with Gasteiger partial charge in [0, 0.05) is 0 Å². The van der Waals surface area contributed by atoms with Crippen LogP contribution in [0.4, 0.5) is 0 Å². The first-order valence-electron chi connectivity index (χ1n) is 1.00. The van der Waals surface area contributed by atoms with E-state index in [-0.39, 0.29) is 90.3 Å². The Morgan fingerprint density at radius 2 is 1.20 bits per heavy atom. The SMILES string of the molecule is B[SiH3].[CaH2].[MgH2].[NaH]. The minimum atomic E-state index is 0. The van der Waals surface area contributed by atoms with Crippen molar-refractivity contribution in [3.8, 4) is 0 Å². The predicted molar refractivity (Wildman–Crippen MR) is 42.7 cm³/mol. The molecule has 0 unspecified atom stereocenters. The molecular formula is H10BCaMgNaSi. The van der Waals surface area contributed by atoms with Crippen LogP contribution in [0, 0.1) is 0 Å². The van der Waals surface area contributed by atoms with Crippen LogP contribution in [-0.4, -0.2) is 108 Å². The van der Waals surface area contributed by atoms with E-state index in [4.69, 9.17) is 0 Å². The van der Waals surface area contributed by atoms with Crippen LogP contribution in [0.25, 0.3) is 0 Å². The summed E-state index contributed by atoms with van der Waals surface area (Å²) in [7, 11) is 3.44. The van der Waals surface area contributed by atoms with Crippen molar-refractivity contribution in [2.24, 2.45) is 0 Å². The van der Waals surface area contributed by atoms with Crippen molar-refractivity contribution in [2.75, 3.05) is 0 Å². The second kappa shape index (κ2) is 26.6. The Balaban J connectivity index is -0.00000000167. The van der Waals surface area contributed by atoms with Gasteiger partial charge in [-0.25, -0.2) is 0 Å². The van der Waals surface area contributed by atoms with Gasteiger partial charge in [-0.1, -0.05) is 0 Å². The van der Waals surface area contributed by atoms with Gasteiger partial charge < -0.3 is 0 Å². The third kappa shape index (κ3) is 18.8. The molecule has 0 fully saturated rings. The molecule has 5 heteroatoms. The van der Waals surface area contributed by atoms with Gasteiger partial charge in [-0.2, -0.15) is 0 Å². The molecule has 0 aromatic carbocycles. The summed E-state index contributed by atoms with van der Waals surface area (Å²) in [4.78, 5) is 0. The van der Waals surface area contributed by atoms with Gasteiger partial charge in [0.05, 0.1) is 7.44 Å². The van der Waals surface area contributed by atoms with Crippen LogP contribution in [0.1, 0.15) is 0 Å². The van der Waals surface area contributed by atoms with E-state index < -0.39 is 0 Å². The first kappa shape index (κ1) is 23.9. The van der Waals surface area contributed by atoms with Crippen molar-refractivity contribution in [1.29, 1.82) is 0 Å². The maximum absolute atomic E-state index is 2.14. The average molecular weight is 136 g/mol. The zero-order valence-corrected chi connectivity index (χ0v) is 4.00. The summed E-state index contributed by atoms with van der Waals surface area (Å²) in [5, 5.41) is 0. The number of rotatable bonds is 0. The van der Waals surface area contributed by atoms with Crippen molar-refractivity contribution < 1.29 is 0 Å². The van der Waals surface area contributed by atoms with E-state index in [0.29, 0.717) is 0 Å². The summed E-state index contributed by atoms with van der Waals surface area (Å²) in [6, 6.07) is 0. The summed E-state index contributed by atoms with van der Waals surface area (Å²) in [6.07, 6.45) is 0. The molecule has 0 atom stereocenters. The molecule has 22 valence electrons. The van der Waals surface area contributed by atoms with Crippen molar-refractivity contribution in [3.63, 3.8) is 0 Å². The van der Waals surface area contributed by atoms with Crippen LogP contribution in [0.3, 0.4) is 0 Å². The molecule has 0 radical (unpaired) electrons. The van der Waals surface area contributed by atoms with E-state index in [0.717, 1.165) is 0 Å². The van der Waals surface area contributed by atoms with Gasteiger partial charge in [-0.3, -0.25) is 0 Å². The zero-order valence-electron chi connectivity index (χ0n) is 2.00. The second-order valence-corrected chi connectivity index (χ2v) is 0. The summed E-state index contributed by atoms with van der Waals surface area (Å²) in [6.45, 7) is 0. The van der Waals surface area contributed by atoms with Crippen molar-refractivity contribution >= 4 is 108 Å². The predicted octanol–water partition coefficient (Wildman–Crippen LogP) is -4.58. The minimum absolute atomic E-state index is 0. The van der Waals surface area contributed by atoms with Gasteiger partial charge in [0.2, 0.25) is 0 Å². The fourth-order valence-electron chi connectivity index (χ4n) is 0. The van der Waals surface area contributed by atoms with E-state index in [1.54, 1.807) is 0 Å². The standard InChI is InChI=1S/BH5Si.Ca.Mg.Na.5H/c1-2;;;;;;;;/h1H2,2H3;;;;;;;;. The molecule has 5 heavy (non-hydrogen) atoms. The average Bonchev–Trinajstić information content (AvgIpc) is 1.00. The van der Waals surface area contributed by atoms with Gasteiger partial charge in [0.25, 0.3) is 0 Å². The molecule has 0 saturated carbocycles. The van der Waals surface area contributed by atoms with Crippen LogP contribution < -0.4 is 0 Å². The normalized spacial score (nSPS) is 1.60. The van der Waals surface area contributed by atoms with E-state index in [1.165, 1.54) is 10.1 Å². The zero-order chi connectivity index (χ0) is 2.00. The molecule has 0 saturated heterocycles. The Kier molecular flexibility index (Phi) is 127. The van der Waals surface area contributed by atoms with Gasteiger partial charge in [0.15, 0.2) is 0 Å². The first-order valence-corrected chi connectivity index (χ1v) is 3.00. The Bertz CT molecular complexity index is 11.6. The summed E-state index contributed by atoms with van der Waals surface area (Å²) < 4.78 is 0. The number of hydrogen-bond acceptors (Lipinski definition) is 0. The van der Waals surface area contributed by atoms with E-state index in [9.17, 15) is 0 Å². The first-order chi connectivity index (χ1) is 1.00. The molecule has 0 heterocycles. The van der Waals surface area contributed by atoms with Crippen molar-refractivity contribution in [2.45, 2.75) is 0 Å². The van der Waals surface area contributed by atoms with Crippen molar-refractivity contribution in [1.82, 2.24) is 0 Å². The molecule has 0 aliphatic heterocycles. The monoisotopic (exact) mass is 136 g/mol. The van der Waals surface area contributed by atoms with Crippen LogP contribution in [-0.2, 0) is 0 Å². The van der Waals surface area contributed by atoms with E-state index >= 15 is 0 Å². The van der Waals surface area contributed by atoms with Gasteiger partial charge >= 0.3 is 90.3 Å². The van der Waals surface area contributed by atoms with E-state index in [1.807, 2.05) is 0 Å². The van der Waals surface area contributed by atoms with Gasteiger partial charge in [0.1, 0.15) is 0 Å². The molecule has 0 aliphatic carbocycles. The summed E-state index contributed by atoms with van der Waals surface area (Å²) >= 11 is 0. The third-order valence-corrected chi connectivity index (χ3v) is 0. The van der Waals surface area contributed by atoms with Crippen molar-refractivity contribution in [3.05, 3.63) is 0 Å². The quantitative estimate of drug-likeness (QED) is 0.294. The maximum atomic E-state index is 2.14. The Hall–Kier alpha value is 3.31. The summed E-state index contributed by atoms with van der Waals surface area (Å²) in [5.41, 5.74) is 0. The molecule has 0 aliphatic rings. The molecule has 0 spiro atoms. The van der Waals surface area contributed by atoms with Gasteiger partial charge in [-0.05, 0) is 10.1 Å². The van der Waals surface area contributed by atoms with Crippen LogP contribution >= 0.6 is 0 Å². The molecule has 0 nitrogen and oxygen atoms in total. The Morgan fingerprint density at radius 1 is 1.20 bits per heavy atom. The summed E-state index contributed by atoms with van der Waals surface area (Å²) in [5.74, 6) is 0. The second-order valence-electron chi connectivity index (χ2n) is 0. The fraction of sp³-hybridized carbons (Fsp3) is 0. The van der Waals surface area contributed by atoms with E-state index in [2.05, 4.69) is 7.44 Å². The topological polar surface area (TPSA) is 0 Å². The number of hydrogen-bond donors (Lipinski definition) is 0. The van der Waals surface area contributed by atoms with Crippen LogP contribution in [0.15, 0.2) is 0 Å². The Morgan fingerprint density at radius 3 is 1.20 bits per heavy atom. The molecule has 0 rings (SSSR count). The molecule has 0 amide bonds. The molecule has 0 N–H and O–H groups in total. The van der Waals surface area contributed by atoms with Crippen LogP contribution in [0.5, 0.6) is 0 Å².